The highest BCUT2D eigenvalue weighted by Gasteiger charge is 2.47. The fourth-order valence-corrected chi connectivity index (χ4v) is 5.85. The number of rotatable bonds is 7. The van der Waals surface area contributed by atoms with E-state index in [4.69, 9.17) is 14.2 Å². The smallest absolute Gasteiger partial charge is 0.410 e. The molecule has 0 spiro atoms. The number of nitriles is 1. The lowest BCUT2D eigenvalue weighted by Crippen LogP contribution is -2.56. The van der Waals surface area contributed by atoms with Crippen molar-refractivity contribution in [1.82, 2.24) is 14.9 Å². The molecule has 2 atom stereocenters. The molecule has 224 valence electrons. The van der Waals surface area contributed by atoms with Crippen LogP contribution in [0.2, 0.25) is 0 Å². The highest BCUT2D eigenvalue weighted by atomic mass is 16.6. The molecule has 1 fully saturated rings. The molecule has 0 bridgehead atoms. The van der Waals surface area contributed by atoms with E-state index in [9.17, 15) is 25.0 Å². The average molecular weight is 581 g/mol. The van der Waals surface area contributed by atoms with Crippen molar-refractivity contribution in [2.24, 2.45) is 0 Å². The predicted octanol–water partition coefficient (Wildman–Crippen LogP) is 3.72. The van der Waals surface area contributed by atoms with Crippen molar-refractivity contribution in [2.45, 2.75) is 69.9 Å². The number of aromatic nitrogens is 2. The quantitative estimate of drug-likeness (QED) is 0.267. The Hall–Kier alpha value is -4.47. The normalized spacial score (nSPS) is 20.2. The maximum Gasteiger partial charge on any atom is 0.410 e. The van der Waals surface area contributed by atoms with Crippen LogP contribution in [-0.2, 0) is 32.5 Å². The van der Waals surface area contributed by atoms with Gasteiger partial charge in [-0.2, -0.15) is 15.2 Å². The molecule has 0 saturated carbocycles. The minimum absolute atomic E-state index is 0.00209. The third-order valence-corrected chi connectivity index (χ3v) is 7.65. The Bertz CT molecular complexity index is 1400. The Morgan fingerprint density at radius 3 is 2.60 bits per heavy atom. The van der Waals surface area contributed by atoms with E-state index in [0.717, 1.165) is 17.5 Å². The third kappa shape index (κ3) is 6.07. The van der Waals surface area contributed by atoms with Gasteiger partial charge in [-0.3, -0.25) is 14.9 Å². The van der Waals surface area contributed by atoms with Gasteiger partial charge >= 0.3 is 23.8 Å². The molecule has 2 aromatic rings. The number of amides is 1. The zero-order valence-electron chi connectivity index (χ0n) is 24.6. The number of hydrogen-bond donors (Lipinski definition) is 0. The Morgan fingerprint density at radius 1 is 1.21 bits per heavy atom. The molecule has 0 N–H and O–H groups in total. The zero-order valence-corrected chi connectivity index (χ0v) is 24.6. The first-order chi connectivity index (χ1) is 19.9. The first-order valence-corrected chi connectivity index (χ1v) is 13.8. The van der Waals surface area contributed by atoms with Gasteiger partial charge in [0.1, 0.15) is 11.3 Å². The summed E-state index contributed by atoms with van der Waals surface area (Å²) >= 11 is 0. The number of esters is 1. The number of carbonyl (C=O) groups is 2. The number of carbonyl (C=O) groups excluding carboxylic acids is 2. The van der Waals surface area contributed by atoms with Crippen molar-refractivity contribution >= 4 is 23.6 Å². The molecular formula is C29H36N6O7. The standard InChI is InChI=1S/C29H36N6O7/c1-28(2,3)42-27(37)34-16-15-33(18-20(34)12-14-30)24-23(35(38)39)22(31-26(32-24)41-5)17-29(25(36)40-4)13-8-10-19-9-6-7-11-21(19)29/h6-7,9,11,20H,8,10,12-13,15-18H2,1-5H3/t20-,29?/m0/s1. The van der Waals surface area contributed by atoms with E-state index in [1.807, 2.05) is 24.3 Å². The summed E-state index contributed by atoms with van der Waals surface area (Å²) in [6.45, 7) is 5.70. The number of aryl methyl sites for hydroxylation is 1. The molecule has 13 nitrogen and oxygen atoms in total. The van der Waals surface area contributed by atoms with Crippen LogP contribution in [0.1, 0.15) is 56.9 Å². The molecule has 42 heavy (non-hydrogen) atoms. The molecule has 1 amide bonds. The van der Waals surface area contributed by atoms with Crippen molar-refractivity contribution < 1.29 is 28.7 Å². The second-order valence-corrected chi connectivity index (χ2v) is 11.5. The van der Waals surface area contributed by atoms with Gasteiger partial charge in [-0.1, -0.05) is 24.3 Å². The summed E-state index contributed by atoms with van der Waals surface area (Å²) in [4.78, 5) is 50.3. The molecule has 1 unspecified atom stereocenters. The minimum atomic E-state index is -1.19. The Balaban J connectivity index is 1.78. The molecule has 1 aromatic carbocycles. The molecule has 1 aromatic heterocycles. The fourth-order valence-electron chi connectivity index (χ4n) is 5.85. The molecule has 2 heterocycles. The van der Waals surface area contributed by atoms with Gasteiger partial charge in [0.05, 0.1) is 43.1 Å². The number of fused-ring (bicyclic) bond motifs is 1. The van der Waals surface area contributed by atoms with Crippen LogP contribution < -0.4 is 9.64 Å². The summed E-state index contributed by atoms with van der Waals surface area (Å²) in [5.41, 5.74) is -0.498. The summed E-state index contributed by atoms with van der Waals surface area (Å²) in [6, 6.07) is 8.94. The maximum absolute atomic E-state index is 13.4. The maximum atomic E-state index is 13.4. The molecule has 1 saturated heterocycles. The number of nitro groups is 1. The highest BCUT2D eigenvalue weighted by molar-refractivity contribution is 5.85. The summed E-state index contributed by atoms with van der Waals surface area (Å²) in [5, 5.41) is 22.2. The molecule has 0 radical (unpaired) electrons. The first kappa shape index (κ1) is 30.5. The lowest BCUT2D eigenvalue weighted by Gasteiger charge is -2.41. The number of hydrogen-bond acceptors (Lipinski definition) is 11. The molecule has 1 aliphatic carbocycles. The second-order valence-electron chi connectivity index (χ2n) is 11.5. The van der Waals surface area contributed by atoms with E-state index in [2.05, 4.69) is 16.0 Å². The topological polar surface area (TPSA) is 161 Å². The van der Waals surface area contributed by atoms with Crippen LogP contribution in [0, 0.1) is 21.4 Å². The van der Waals surface area contributed by atoms with E-state index in [-0.39, 0.29) is 55.7 Å². The van der Waals surface area contributed by atoms with Gasteiger partial charge in [-0.05, 0) is 51.2 Å². The summed E-state index contributed by atoms with van der Waals surface area (Å²) in [5.74, 6) is -0.499. The highest BCUT2D eigenvalue weighted by Crippen LogP contribution is 2.44. The molecule has 13 heteroatoms. The van der Waals surface area contributed by atoms with Crippen molar-refractivity contribution in [3.63, 3.8) is 0 Å². The average Bonchev–Trinajstić information content (AvgIpc) is 2.95. The van der Waals surface area contributed by atoms with Crippen molar-refractivity contribution in [3.05, 3.63) is 51.2 Å². The number of methoxy groups -OCH3 is 2. The van der Waals surface area contributed by atoms with Crippen LogP contribution in [0.3, 0.4) is 0 Å². The van der Waals surface area contributed by atoms with Crippen LogP contribution in [0.4, 0.5) is 16.3 Å². The van der Waals surface area contributed by atoms with E-state index in [1.165, 1.54) is 19.1 Å². The van der Waals surface area contributed by atoms with Gasteiger partial charge < -0.3 is 24.0 Å². The third-order valence-electron chi connectivity index (χ3n) is 7.65. The van der Waals surface area contributed by atoms with Crippen LogP contribution in [0.25, 0.3) is 0 Å². The molecule has 4 rings (SSSR count). The summed E-state index contributed by atoms with van der Waals surface area (Å²) in [7, 11) is 2.67. The summed E-state index contributed by atoms with van der Waals surface area (Å²) in [6.07, 6.45) is 1.22. The molecule has 2 aliphatic rings. The van der Waals surface area contributed by atoms with Crippen molar-refractivity contribution in [1.29, 1.82) is 5.26 Å². The van der Waals surface area contributed by atoms with Crippen molar-refractivity contribution in [2.75, 3.05) is 38.8 Å². The van der Waals surface area contributed by atoms with Crippen LogP contribution in [0.15, 0.2) is 24.3 Å². The van der Waals surface area contributed by atoms with Gasteiger partial charge in [-0.15, -0.1) is 0 Å². The molecular weight excluding hydrogens is 544 g/mol. The van der Waals surface area contributed by atoms with E-state index < -0.39 is 34.0 Å². The number of anilines is 1. The van der Waals surface area contributed by atoms with E-state index in [0.29, 0.717) is 12.8 Å². The largest absolute Gasteiger partial charge is 0.468 e. The first-order valence-electron chi connectivity index (χ1n) is 13.8. The van der Waals surface area contributed by atoms with Gasteiger partial charge in [0.2, 0.25) is 5.82 Å². The Kier molecular flexibility index (Phi) is 8.84. The van der Waals surface area contributed by atoms with Crippen LogP contribution in [-0.4, -0.2) is 77.4 Å². The summed E-state index contributed by atoms with van der Waals surface area (Å²) < 4.78 is 16.2. The monoisotopic (exact) mass is 580 g/mol. The van der Waals surface area contributed by atoms with E-state index in [1.54, 1.807) is 25.7 Å². The molecule has 1 aliphatic heterocycles. The number of nitrogens with zero attached hydrogens (tertiary/aromatic N) is 6. The SMILES string of the molecule is COC(=O)C1(Cc2nc(OC)nc(N3CCN(C(=O)OC(C)(C)C)[C@@H](CC#N)C3)c2[N+](=O)[O-])CCCc2ccccc21. The Labute approximate surface area is 244 Å². The van der Waals surface area contributed by atoms with Crippen molar-refractivity contribution in [3.8, 4) is 12.1 Å². The van der Waals surface area contributed by atoms with Crippen LogP contribution >= 0.6 is 0 Å². The van der Waals surface area contributed by atoms with E-state index >= 15 is 0 Å². The van der Waals surface area contributed by atoms with Gasteiger partial charge in [0.25, 0.3) is 0 Å². The van der Waals surface area contributed by atoms with Gasteiger partial charge in [0.15, 0.2) is 0 Å². The van der Waals surface area contributed by atoms with Crippen LogP contribution in [0.5, 0.6) is 6.01 Å². The number of ether oxygens (including phenoxy) is 3. The predicted molar refractivity (Wildman–Crippen MR) is 151 cm³/mol. The van der Waals surface area contributed by atoms with Gasteiger partial charge in [0, 0.05) is 26.1 Å². The van der Waals surface area contributed by atoms with Gasteiger partial charge in [-0.25, -0.2) is 4.79 Å². The second kappa shape index (κ2) is 12.2. The Morgan fingerprint density at radius 2 is 1.95 bits per heavy atom. The fraction of sp³-hybridized carbons (Fsp3) is 0.552. The zero-order chi connectivity index (χ0) is 30.7. The number of piperazine rings is 1. The lowest BCUT2D eigenvalue weighted by molar-refractivity contribution is -0.385. The number of benzene rings is 1. The minimum Gasteiger partial charge on any atom is -0.468 e. The lowest BCUT2D eigenvalue weighted by atomic mass is 9.67.